The number of benzene rings is 1. The first kappa shape index (κ1) is 15.4. The molecule has 2 N–H and O–H groups in total. The van der Waals surface area contributed by atoms with Gasteiger partial charge in [-0.1, -0.05) is 18.6 Å². The molecule has 0 bridgehead atoms. The molecule has 1 aromatic carbocycles. The lowest BCUT2D eigenvalue weighted by Crippen LogP contribution is -2.46. The second kappa shape index (κ2) is 7.67. The summed E-state index contributed by atoms with van der Waals surface area (Å²) in [5.41, 5.74) is 1.14. The van der Waals surface area contributed by atoms with Gasteiger partial charge in [-0.25, -0.2) is 0 Å². The summed E-state index contributed by atoms with van der Waals surface area (Å²) in [6.07, 6.45) is 3.78. The fraction of sp³-hybridized carbons (Fsp3) is 0.500. The Bertz CT molecular complexity index is 485. The van der Waals surface area contributed by atoms with E-state index < -0.39 is 0 Å². The van der Waals surface area contributed by atoms with Crippen LogP contribution in [0, 0.1) is 0 Å². The van der Waals surface area contributed by atoms with Crippen molar-refractivity contribution in [3.8, 4) is 5.75 Å². The molecule has 2 rings (SSSR count). The van der Waals surface area contributed by atoms with Crippen LogP contribution in [0.2, 0.25) is 0 Å². The Morgan fingerprint density at radius 3 is 2.81 bits per heavy atom. The van der Waals surface area contributed by atoms with Gasteiger partial charge < -0.3 is 15.4 Å². The first-order valence-corrected chi connectivity index (χ1v) is 7.39. The van der Waals surface area contributed by atoms with Crippen molar-refractivity contribution in [3.63, 3.8) is 0 Å². The summed E-state index contributed by atoms with van der Waals surface area (Å²) in [7, 11) is 1.64. The van der Waals surface area contributed by atoms with E-state index in [4.69, 9.17) is 4.74 Å². The molecule has 114 valence electrons. The van der Waals surface area contributed by atoms with Crippen LogP contribution in [-0.4, -0.2) is 31.5 Å². The van der Waals surface area contributed by atoms with E-state index in [2.05, 4.69) is 10.6 Å². The van der Waals surface area contributed by atoms with Gasteiger partial charge in [0, 0.05) is 13.0 Å². The highest BCUT2D eigenvalue weighted by atomic mass is 16.5. The monoisotopic (exact) mass is 290 g/mol. The number of hydrogen-bond acceptors (Lipinski definition) is 3. The van der Waals surface area contributed by atoms with Crippen LogP contribution >= 0.6 is 0 Å². The highest BCUT2D eigenvalue weighted by Gasteiger charge is 2.22. The zero-order valence-corrected chi connectivity index (χ0v) is 12.4. The maximum absolute atomic E-state index is 12.0. The number of ether oxygens (including phenoxy) is 1. The van der Waals surface area contributed by atoms with Crippen molar-refractivity contribution in [2.45, 2.75) is 38.1 Å². The Balaban J connectivity index is 1.76. The van der Waals surface area contributed by atoms with E-state index in [-0.39, 0.29) is 17.9 Å². The van der Waals surface area contributed by atoms with Gasteiger partial charge in [-0.2, -0.15) is 0 Å². The Morgan fingerprint density at radius 2 is 2.10 bits per heavy atom. The van der Waals surface area contributed by atoms with Crippen molar-refractivity contribution in [3.05, 3.63) is 29.8 Å². The molecule has 1 atom stereocenters. The second-order valence-electron chi connectivity index (χ2n) is 5.25. The fourth-order valence-electron chi connectivity index (χ4n) is 2.41. The molecule has 1 aliphatic rings. The van der Waals surface area contributed by atoms with Gasteiger partial charge in [0.1, 0.15) is 11.8 Å². The normalized spacial score (nSPS) is 18.5. The standard InChI is InChI=1S/C16H22N2O3/c1-21-13-8-6-12(7-9-13)10-11-17-16(20)14-4-2-3-5-15(19)18-14/h6-9,14H,2-5,10-11H2,1H3,(H,17,20)(H,18,19)/t14-/m0/s1. The van der Waals surface area contributed by atoms with Crippen molar-refractivity contribution in [2.75, 3.05) is 13.7 Å². The highest BCUT2D eigenvalue weighted by molar-refractivity contribution is 5.87. The van der Waals surface area contributed by atoms with Gasteiger partial charge in [0.15, 0.2) is 0 Å². The fourth-order valence-corrected chi connectivity index (χ4v) is 2.41. The summed E-state index contributed by atoms with van der Waals surface area (Å²) in [5, 5.41) is 5.67. The van der Waals surface area contributed by atoms with E-state index in [0.29, 0.717) is 13.0 Å². The molecule has 0 spiro atoms. The molecule has 21 heavy (non-hydrogen) atoms. The maximum Gasteiger partial charge on any atom is 0.242 e. The van der Waals surface area contributed by atoms with Gasteiger partial charge in [0.25, 0.3) is 0 Å². The van der Waals surface area contributed by atoms with Gasteiger partial charge >= 0.3 is 0 Å². The average Bonchev–Trinajstić information content (AvgIpc) is 2.72. The summed E-state index contributed by atoms with van der Waals surface area (Å²) in [5.74, 6) is 0.713. The van der Waals surface area contributed by atoms with E-state index in [0.717, 1.165) is 37.0 Å². The van der Waals surface area contributed by atoms with Crippen molar-refractivity contribution >= 4 is 11.8 Å². The van der Waals surface area contributed by atoms with E-state index in [9.17, 15) is 9.59 Å². The molecule has 0 unspecified atom stereocenters. The van der Waals surface area contributed by atoms with Crippen LogP contribution in [0.5, 0.6) is 5.75 Å². The van der Waals surface area contributed by atoms with Crippen molar-refractivity contribution < 1.29 is 14.3 Å². The predicted octanol–water partition coefficient (Wildman–Crippen LogP) is 1.41. The average molecular weight is 290 g/mol. The van der Waals surface area contributed by atoms with Gasteiger partial charge in [-0.3, -0.25) is 9.59 Å². The zero-order valence-electron chi connectivity index (χ0n) is 12.4. The first-order valence-electron chi connectivity index (χ1n) is 7.39. The topological polar surface area (TPSA) is 67.4 Å². The summed E-state index contributed by atoms with van der Waals surface area (Å²) >= 11 is 0. The van der Waals surface area contributed by atoms with Crippen LogP contribution in [0.3, 0.4) is 0 Å². The van der Waals surface area contributed by atoms with Crippen LogP contribution in [0.4, 0.5) is 0 Å². The third-order valence-electron chi connectivity index (χ3n) is 3.67. The second-order valence-corrected chi connectivity index (χ2v) is 5.25. The Kier molecular flexibility index (Phi) is 5.60. The van der Waals surface area contributed by atoms with Crippen LogP contribution in [0.25, 0.3) is 0 Å². The predicted molar refractivity (Wildman–Crippen MR) is 80.1 cm³/mol. The molecule has 5 nitrogen and oxygen atoms in total. The largest absolute Gasteiger partial charge is 0.497 e. The van der Waals surface area contributed by atoms with Crippen molar-refractivity contribution in [2.24, 2.45) is 0 Å². The number of hydrogen-bond donors (Lipinski definition) is 2. The lowest BCUT2D eigenvalue weighted by atomic mass is 10.1. The van der Waals surface area contributed by atoms with Gasteiger partial charge in [-0.05, 0) is 37.0 Å². The molecular formula is C16H22N2O3. The van der Waals surface area contributed by atoms with Crippen LogP contribution < -0.4 is 15.4 Å². The van der Waals surface area contributed by atoms with Gasteiger partial charge in [0.05, 0.1) is 7.11 Å². The molecule has 1 fully saturated rings. The van der Waals surface area contributed by atoms with Crippen LogP contribution in [-0.2, 0) is 16.0 Å². The minimum Gasteiger partial charge on any atom is -0.497 e. The third kappa shape index (κ3) is 4.77. The van der Waals surface area contributed by atoms with Crippen LogP contribution in [0.15, 0.2) is 24.3 Å². The van der Waals surface area contributed by atoms with E-state index >= 15 is 0 Å². The lowest BCUT2D eigenvalue weighted by molar-refractivity contribution is -0.128. The number of rotatable bonds is 5. The third-order valence-corrected chi connectivity index (χ3v) is 3.67. The Hall–Kier alpha value is -2.04. The minimum absolute atomic E-state index is 0.0252. The molecule has 2 amide bonds. The van der Waals surface area contributed by atoms with Crippen molar-refractivity contribution in [1.29, 1.82) is 0 Å². The van der Waals surface area contributed by atoms with E-state index in [1.807, 2.05) is 24.3 Å². The Labute approximate surface area is 125 Å². The summed E-state index contributed by atoms with van der Waals surface area (Å²) in [6.45, 7) is 0.567. The molecule has 0 aromatic heterocycles. The van der Waals surface area contributed by atoms with Gasteiger partial charge in [-0.15, -0.1) is 0 Å². The smallest absolute Gasteiger partial charge is 0.242 e. The molecule has 5 heteroatoms. The zero-order chi connectivity index (χ0) is 15.1. The number of carbonyl (C=O) groups is 2. The first-order chi connectivity index (χ1) is 10.2. The molecule has 1 aliphatic heterocycles. The number of amides is 2. The maximum atomic E-state index is 12.0. The molecular weight excluding hydrogens is 268 g/mol. The summed E-state index contributed by atoms with van der Waals surface area (Å²) in [4.78, 5) is 23.5. The molecule has 1 aromatic rings. The van der Waals surface area contributed by atoms with E-state index in [1.165, 1.54) is 0 Å². The molecule has 0 aliphatic carbocycles. The quantitative estimate of drug-likeness (QED) is 0.861. The van der Waals surface area contributed by atoms with Crippen LogP contribution in [0.1, 0.15) is 31.2 Å². The molecule has 1 heterocycles. The molecule has 0 saturated carbocycles. The Morgan fingerprint density at radius 1 is 1.33 bits per heavy atom. The SMILES string of the molecule is COc1ccc(CCNC(=O)[C@@H]2CCCCC(=O)N2)cc1. The summed E-state index contributed by atoms with van der Waals surface area (Å²) in [6, 6.07) is 7.40. The number of nitrogens with one attached hydrogen (secondary N) is 2. The molecule has 1 saturated heterocycles. The van der Waals surface area contributed by atoms with Gasteiger partial charge in [0.2, 0.25) is 11.8 Å². The lowest BCUT2D eigenvalue weighted by Gasteiger charge is -2.15. The summed E-state index contributed by atoms with van der Waals surface area (Å²) < 4.78 is 5.10. The van der Waals surface area contributed by atoms with Crippen molar-refractivity contribution in [1.82, 2.24) is 10.6 Å². The number of carbonyl (C=O) groups excluding carboxylic acids is 2. The number of methoxy groups -OCH3 is 1. The highest BCUT2D eigenvalue weighted by Crippen LogP contribution is 2.12. The minimum atomic E-state index is -0.379. The molecule has 0 radical (unpaired) electrons. The van der Waals surface area contributed by atoms with E-state index in [1.54, 1.807) is 7.11 Å².